The molecule has 0 aliphatic carbocycles. The number of rotatable bonds is 3. The summed E-state index contributed by atoms with van der Waals surface area (Å²) in [5.74, 6) is 0.435. The molecule has 0 radical (unpaired) electrons. The van der Waals surface area contributed by atoms with Gasteiger partial charge < -0.3 is 4.74 Å². The van der Waals surface area contributed by atoms with Crippen LogP contribution < -0.4 is 4.74 Å². The Morgan fingerprint density at radius 1 is 1.35 bits per heavy atom. The number of nitro groups is 1. The summed E-state index contributed by atoms with van der Waals surface area (Å²) in [5, 5.41) is 20.1. The van der Waals surface area contributed by atoms with Gasteiger partial charge in [-0.15, -0.1) is 0 Å². The minimum Gasteiger partial charge on any atom is -0.448 e. The van der Waals surface area contributed by atoms with Gasteiger partial charge in [-0.25, -0.2) is 0 Å². The van der Waals surface area contributed by atoms with Gasteiger partial charge in [0.15, 0.2) is 0 Å². The normalized spacial score (nSPS) is 9.85. The van der Waals surface area contributed by atoms with E-state index in [9.17, 15) is 10.1 Å². The summed E-state index contributed by atoms with van der Waals surface area (Å²) in [4.78, 5) is 10.6. The first-order chi connectivity index (χ1) is 9.52. The number of nitrogens with zero attached hydrogens (tertiary/aromatic N) is 2. The van der Waals surface area contributed by atoms with Gasteiger partial charge in [0.05, 0.1) is 10.5 Å². The van der Waals surface area contributed by atoms with Gasteiger partial charge in [-0.1, -0.05) is 28.1 Å². The highest BCUT2D eigenvalue weighted by Crippen LogP contribution is 2.37. The Morgan fingerprint density at radius 2 is 2.05 bits per heavy atom. The first-order valence-corrected chi connectivity index (χ1v) is 6.43. The molecule has 0 bridgehead atoms. The quantitative estimate of drug-likeness (QED) is 0.619. The molecule has 2 aromatic carbocycles. The van der Waals surface area contributed by atoms with Crippen LogP contribution in [0.2, 0.25) is 0 Å². The largest absolute Gasteiger partial charge is 0.448 e. The number of aryl methyl sites for hydroxylation is 1. The Balaban J connectivity index is 2.54. The van der Waals surface area contributed by atoms with E-state index in [4.69, 9.17) is 10.00 Å². The van der Waals surface area contributed by atoms with Crippen molar-refractivity contribution in [3.05, 3.63) is 62.1 Å². The van der Waals surface area contributed by atoms with Crippen LogP contribution in [0, 0.1) is 28.4 Å². The second-order valence-corrected chi connectivity index (χ2v) is 4.95. The molecule has 0 aliphatic heterocycles. The van der Waals surface area contributed by atoms with Crippen LogP contribution >= 0.6 is 15.9 Å². The van der Waals surface area contributed by atoms with E-state index < -0.39 is 4.92 Å². The van der Waals surface area contributed by atoms with E-state index in [-0.39, 0.29) is 11.4 Å². The zero-order chi connectivity index (χ0) is 14.7. The maximum Gasteiger partial charge on any atom is 0.312 e. The molecule has 5 nitrogen and oxygen atoms in total. The highest BCUT2D eigenvalue weighted by Gasteiger charge is 2.20. The van der Waals surface area contributed by atoms with Crippen molar-refractivity contribution >= 4 is 21.6 Å². The molecule has 0 aromatic heterocycles. The third-order valence-corrected chi connectivity index (χ3v) is 3.09. The number of benzene rings is 2. The van der Waals surface area contributed by atoms with Gasteiger partial charge in [0.1, 0.15) is 11.8 Å². The Bertz CT molecular complexity index is 723. The van der Waals surface area contributed by atoms with Gasteiger partial charge in [0.2, 0.25) is 5.75 Å². The summed E-state index contributed by atoms with van der Waals surface area (Å²) in [6.45, 7) is 1.71. The second kappa shape index (κ2) is 5.72. The molecule has 100 valence electrons. The molecule has 0 N–H and O–H groups in total. The molecule has 0 spiro atoms. The molecule has 20 heavy (non-hydrogen) atoms. The summed E-state index contributed by atoms with van der Waals surface area (Å²) in [7, 11) is 0. The fourth-order valence-electron chi connectivity index (χ4n) is 1.74. The van der Waals surface area contributed by atoms with E-state index in [1.165, 1.54) is 6.07 Å². The van der Waals surface area contributed by atoms with Crippen LogP contribution in [0.4, 0.5) is 5.69 Å². The lowest BCUT2D eigenvalue weighted by molar-refractivity contribution is -0.385. The first-order valence-electron chi connectivity index (χ1n) is 5.64. The van der Waals surface area contributed by atoms with Crippen molar-refractivity contribution in [2.45, 2.75) is 6.92 Å². The SMILES string of the molecule is Cc1cc(Br)cc([N+](=O)[O-])c1Oc1ccccc1C#N. The molecule has 0 saturated carbocycles. The molecule has 2 aromatic rings. The fourth-order valence-corrected chi connectivity index (χ4v) is 2.30. The van der Waals surface area contributed by atoms with E-state index in [1.807, 2.05) is 6.07 Å². The number of nitriles is 1. The topological polar surface area (TPSA) is 76.2 Å². The number of hydrogen-bond donors (Lipinski definition) is 0. The number of halogens is 1. The standard InChI is InChI=1S/C14H9BrN2O3/c1-9-6-11(15)7-12(17(18)19)14(9)20-13-5-3-2-4-10(13)8-16/h2-7H,1H3. The van der Waals surface area contributed by atoms with Crippen molar-refractivity contribution in [1.29, 1.82) is 5.26 Å². The predicted octanol–water partition coefficient (Wildman–Crippen LogP) is 4.33. The molecule has 0 heterocycles. The number of para-hydroxylation sites is 1. The van der Waals surface area contributed by atoms with E-state index in [0.717, 1.165) is 0 Å². The maximum absolute atomic E-state index is 11.1. The molecule has 0 fully saturated rings. The van der Waals surface area contributed by atoms with Gasteiger partial charge in [-0.2, -0.15) is 5.26 Å². The third-order valence-electron chi connectivity index (χ3n) is 2.64. The molecule has 0 atom stereocenters. The van der Waals surface area contributed by atoms with E-state index in [1.54, 1.807) is 37.3 Å². The van der Waals surface area contributed by atoms with Gasteiger partial charge in [0, 0.05) is 10.5 Å². The third kappa shape index (κ3) is 2.78. The van der Waals surface area contributed by atoms with Crippen LogP contribution in [0.5, 0.6) is 11.5 Å². The highest BCUT2D eigenvalue weighted by molar-refractivity contribution is 9.10. The Kier molecular flexibility index (Phi) is 4.01. The summed E-state index contributed by atoms with van der Waals surface area (Å²) in [5.41, 5.74) is 0.785. The number of nitro benzene ring substituents is 1. The molecule has 2 rings (SSSR count). The number of ether oxygens (including phenoxy) is 1. The average Bonchev–Trinajstić information content (AvgIpc) is 2.41. The van der Waals surface area contributed by atoms with Crippen LogP contribution in [0.1, 0.15) is 11.1 Å². The molecular formula is C14H9BrN2O3. The lowest BCUT2D eigenvalue weighted by atomic mass is 10.2. The van der Waals surface area contributed by atoms with E-state index >= 15 is 0 Å². The Morgan fingerprint density at radius 3 is 2.70 bits per heavy atom. The minimum absolute atomic E-state index is 0.140. The van der Waals surface area contributed by atoms with Gasteiger partial charge in [-0.05, 0) is 30.7 Å². The van der Waals surface area contributed by atoms with Gasteiger partial charge in [-0.3, -0.25) is 10.1 Å². The lowest BCUT2D eigenvalue weighted by Crippen LogP contribution is -1.97. The van der Waals surface area contributed by atoms with Crippen molar-refractivity contribution in [2.75, 3.05) is 0 Å². The summed E-state index contributed by atoms with van der Waals surface area (Å²) >= 11 is 3.22. The first kappa shape index (κ1) is 14.0. The number of hydrogen-bond acceptors (Lipinski definition) is 4. The lowest BCUT2D eigenvalue weighted by Gasteiger charge is -2.10. The highest BCUT2D eigenvalue weighted by atomic mass is 79.9. The smallest absolute Gasteiger partial charge is 0.312 e. The maximum atomic E-state index is 11.1. The van der Waals surface area contributed by atoms with Crippen LogP contribution in [-0.4, -0.2) is 4.92 Å². The van der Waals surface area contributed by atoms with Crippen molar-refractivity contribution in [2.24, 2.45) is 0 Å². The summed E-state index contributed by atoms with van der Waals surface area (Å²) in [6, 6.07) is 11.7. The van der Waals surface area contributed by atoms with E-state index in [2.05, 4.69) is 15.9 Å². The monoisotopic (exact) mass is 332 g/mol. The van der Waals surface area contributed by atoms with Crippen molar-refractivity contribution in [3.63, 3.8) is 0 Å². The molecule has 0 unspecified atom stereocenters. The van der Waals surface area contributed by atoms with Crippen LogP contribution in [0.3, 0.4) is 0 Å². The fraction of sp³-hybridized carbons (Fsp3) is 0.0714. The van der Waals surface area contributed by atoms with Gasteiger partial charge >= 0.3 is 5.69 Å². The molecular weight excluding hydrogens is 324 g/mol. The predicted molar refractivity (Wildman–Crippen MR) is 76.8 cm³/mol. The zero-order valence-electron chi connectivity index (χ0n) is 10.5. The van der Waals surface area contributed by atoms with E-state index in [0.29, 0.717) is 21.3 Å². The minimum atomic E-state index is -0.512. The van der Waals surface area contributed by atoms with Crippen molar-refractivity contribution in [1.82, 2.24) is 0 Å². The summed E-state index contributed by atoms with van der Waals surface area (Å²) in [6.07, 6.45) is 0. The average molecular weight is 333 g/mol. The Hall–Kier alpha value is -2.39. The Labute approximate surface area is 123 Å². The van der Waals surface area contributed by atoms with Crippen molar-refractivity contribution < 1.29 is 9.66 Å². The van der Waals surface area contributed by atoms with Crippen LogP contribution in [0.25, 0.3) is 0 Å². The van der Waals surface area contributed by atoms with Crippen molar-refractivity contribution in [3.8, 4) is 17.6 Å². The second-order valence-electron chi connectivity index (χ2n) is 4.04. The summed E-state index contributed by atoms with van der Waals surface area (Å²) < 4.78 is 6.19. The molecule has 6 heteroatoms. The molecule has 0 saturated heterocycles. The zero-order valence-corrected chi connectivity index (χ0v) is 12.0. The molecule has 0 aliphatic rings. The molecule has 0 amide bonds. The van der Waals surface area contributed by atoms with Crippen LogP contribution in [0.15, 0.2) is 40.9 Å². The van der Waals surface area contributed by atoms with Gasteiger partial charge in [0.25, 0.3) is 0 Å². The van der Waals surface area contributed by atoms with Crippen LogP contribution in [-0.2, 0) is 0 Å².